The molecule has 0 amide bonds. The smallest absolute Gasteiger partial charge is 0.396 e. The lowest BCUT2D eigenvalue weighted by atomic mass is 9.79. The van der Waals surface area contributed by atoms with Crippen LogP contribution in [-0.2, 0) is 6.18 Å². The highest BCUT2D eigenvalue weighted by Gasteiger charge is 2.30. The topological polar surface area (TPSA) is 32.3 Å². The van der Waals surface area contributed by atoms with Crippen LogP contribution in [0.4, 0.5) is 18.9 Å². The summed E-state index contributed by atoms with van der Waals surface area (Å²) < 4.78 is 37.3. The summed E-state index contributed by atoms with van der Waals surface area (Å²) in [7, 11) is 0. The summed E-state index contributed by atoms with van der Waals surface area (Å²) in [6.45, 7) is 0.899. The second kappa shape index (κ2) is 6.48. The average Bonchev–Trinajstić information content (AvgIpc) is 2.45. The van der Waals surface area contributed by atoms with Gasteiger partial charge in [0.05, 0.1) is 5.56 Å². The first-order valence-electron chi connectivity index (χ1n) is 7.02. The van der Waals surface area contributed by atoms with Crippen molar-refractivity contribution in [3.8, 4) is 0 Å². The van der Waals surface area contributed by atoms with Crippen LogP contribution in [0.5, 0.6) is 0 Å². The van der Waals surface area contributed by atoms with E-state index in [0.717, 1.165) is 37.8 Å². The summed E-state index contributed by atoms with van der Waals surface area (Å²) in [5.41, 5.74) is 0.0641. The molecule has 0 aromatic heterocycles. The van der Waals surface area contributed by atoms with Crippen LogP contribution in [0.1, 0.15) is 31.2 Å². The molecule has 2 N–H and O–H groups in total. The van der Waals surface area contributed by atoms with Crippen molar-refractivity contribution in [2.75, 3.05) is 18.5 Å². The third-order valence-corrected chi connectivity index (χ3v) is 4.08. The quantitative estimate of drug-likeness (QED) is 0.880. The molecule has 1 saturated carbocycles. The zero-order valence-electron chi connectivity index (χ0n) is 11.3. The van der Waals surface area contributed by atoms with Gasteiger partial charge in [-0.25, -0.2) is 0 Å². The summed E-state index contributed by atoms with van der Waals surface area (Å²) in [6.07, 6.45) is 0.135. The standard InChI is InChI=1S/C15H20F3NO/c16-15(17,18)13-5-7-14(8-6-13)19-9-11-3-1-2-4-12(11)10-20/h5-8,11-12,19-20H,1-4,9-10H2. The number of hydrogen-bond donors (Lipinski definition) is 2. The van der Waals surface area contributed by atoms with Gasteiger partial charge in [-0.15, -0.1) is 0 Å². The molecule has 0 radical (unpaired) electrons. The van der Waals surface area contributed by atoms with Gasteiger partial charge in [-0.2, -0.15) is 13.2 Å². The molecule has 20 heavy (non-hydrogen) atoms. The lowest BCUT2D eigenvalue weighted by molar-refractivity contribution is -0.137. The Labute approximate surface area is 117 Å². The predicted molar refractivity (Wildman–Crippen MR) is 72.5 cm³/mol. The van der Waals surface area contributed by atoms with E-state index in [9.17, 15) is 18.3 Å². The summed E-state index contributed by atoms with van der Waals surface area (Å²) in [5, 5.41) is 12.5. The Kier molecular flexibility index (Phi) is 4.91. The fraction of sp³-hybridized carbons (Fsp3) is 0.600. The lowest BCUT2D eigenvalue weighted by Gasteiger charge is -2.30. The Morgan fingerprint density at radius 1 is 1.05 bits per heavy atom. The van der Waals surface area contributed by atoms with E-state index in [4.69, 9.17) is 0 Å². The second-order valence-corrected chi connectivity index (χ2v) is 5.44. The van der Waals surface area contributed by atoms with Gasteiger partial charge in [-0.1, -0.05) is 12.8 Å². The van der Waals surface area contributed by atoms with Gasteiger partial charge >= 0.3 is 6.18 Å². The van der Waals surface area contributed by atoms with Gasteiger partial charge in [0.15, 0.2) is 0 Å². The Morgan fingerprint density at radius 3 is 2.20 bits per heavy atom. The van der Waals surface area contributed by atoms with Crippen molar-refractivity contribution < 1.29 is 18.3 Å². The monoisotopic (exact) mass is 287 g/mol. The SMILES string of the molecule is OCC1CCCCC1CNc1ccc(C(F)(F)F)cc1. The molecular formula is C15H20F3NO. The lowest BCUT2D eigenvalue weighted by Crippen LogP contribution is -2.28. The molecule has 2 unspecified atom stereocenters. The molecule has 1 aromatic rings. The number of benzene rings is 1. The van der Waals surface area contributed by atoms with Crippen molar-refractivity contribution in [1.82, 2.24) is 0 Å². The fourth-order valence-electron chi connectivity index (χ4n) is 2.82. The Morgan fingerprint density at radius 2 is 1.65 bits per heavy atom. The van der Waals surface area contributed by atoms with E-state index < -0.39 is 11.7 Å². The van der Waals surface area contributed by atoms with Crippen molar-refractivity contribution >= 4 is 5.69 Å². The molecule has 2 rings (SSSR count). The minimum atomic E-state index is -4.29. The minimum absolute atomic E-state index is 0.194. The predicted octanol–water partition coefficient (Wildman–Crippen LogP) is 3.92. The third kappa shape index (κ3) is 3.88. The minimum Gasteiger partial charge on any atom is -0.396 e. The van der Waals surface area contributed by atoms with E-state index in [1.54, 1.807) is 0 Å². The number of aliphatic hydroxyl groups is 1. The number of nitrogens with one attached hydrogen (secondary N) is 1. The van der Waals surface area contributed by atoms with Gasteiger partial charge in [-0.3, -0.25) is 0 Å². The summed E-state index contributed by atoms with van der Waals surface area (Å²) in [5.74, 6) is 0.710. The number of rotatable bonds is 4. The first kappa shape index (κ1) is 15.2. The third-order valence-electron chi connectivity index (χ3n) is 4.08. The Bertz CT molecular complexity index is 416. The van der Waals surface area contributed by atoms with Gasteiger partial charge in [0.1, 0.15) is 0 Å². The maximum atomic E-state index is 12.4. The van der Waals surface area contributed by atoms with E-state index in [1.165, 1.54) is 12.1 Å². The van der Waals surface area contributed by atoms with Crippen LogP contribution in [0.25, 0.3) is 0 Å². The van der Waals surface area contributed by atoms with Crippen LogP contribution in [0.15, 0.2) is 24.3 Å². The van der Waals surface area contributed by atoms with E-state index in [0.29, 0.717) is 24.1 Å². The number of halogens is 3. The molecule has 1 aliphatic carbocycles. The van der Waals surface area contributed by atoms with Gasteiger partial charge in [0, 0.05) is 18.8 Å². The molecule has 1 aromatic carbocycles. The second-order valence-electron chi connectivity index (χ2n) is 5.44. The van der Waals surface area contributed by atoms with E-state index in [-0.39, 0.29) is 6.61 Å². The largest absolute Gasteiger partial charge is 0.416 e. The maximum Gasteiger partial charge on any atom is 0.416 e. The highest BCUT2D eigenvalue weighted by molar-refractivity contribution is 5.45. The number of alkyl halides is 3. The highest BCUT2D eigenvalue weighted by atomic mass is 19.4. The van der Waals surface area contributed by atoms with Gasteiger partial charge < -0.3 is 10.4 Å². The van der Waals surface area contributed by atoms with E-state index in [2.05, 4.69) is 5.32 Å². The first-order valence-corrected chi connectivity index (χ1v) is 7.02. The van der Waals surface area contributed by atoms with Crippen LogP contribution < -0.4 is 5.32 Å². The molecule has 1 fully saturated rings. The summed E-state index contributed by atoms with van der Waals surface area (Å²) in [6, 6.07) is 5.10. The Hall–Kier alpha value is -1.23. The molecule has 0 heterocycles. The van der Waals surface area contributed by atoms with Crippen LogP contribution in [0.2, 0.25) is 0 Å². The van der Waals surface area contributed by atoms with Crippen molar-refractivity contribution in [3.05, 3.63) is 29.8 Å². The van der Waals surface area contributed by atoms with Crippen molar-refractivity contribution in [3.63, 3.8) is 0 Å². The number of anilines is 1. The fourth-order valence-corrected chi connectivity index (χ4v) is 2.82. The van der Waals surface area contributed by atoms with E-state index in [1.807, 2.05) is 0 Å². The van der Waals surface area contributed by atoms with Gasteiger partial charge in [0.25, 0.3) is 0 Å². The molecule has 1 aliphatic rings. The summed E-state index contributed by atoms with van der Waals surface area (Å²) >= 11 is 0. The average molecular weight is 287 g/mol. The molecule has 0 saturated heterocycles. The van der Waals surface area contributed by atoms with Crippen LogP contribution in [0, 0.1) is 11.8 Å². The molecule has 2 nitrogen and oxygen atoms in total. The molecule has 0 aliphatic heterocycles. The van der Waals surface area contributed by atoms with Crippen LogP contribution in [-0.4, -0.2) is 18.3 Å². The molecule has 112 valence electrons. The first-order chi connectivity index (χ1) is 9.50. The summed E-state index contributed by atoms with van der Waals surface area (Å²) in [4.78, 5) is 0. The van der Waals surface area contributed by atoms with E-state index >= 15 is 0 Å². The Balaban J connectivity index is 1.90. The zero-order chi connectivity index (χ0) is 14.6. The molecule has 0 spiro atoms. The highest BCUT2D eigenvalue weighted by Crippen LogP contribution is 2.31. The number of hydrogen-bond acceptors (Lipinski definition) is 2. The van der Waals surface area contributed by atoms with Gasteiger partial charge in [0.2, 0.25) is 0 Å². The molecule has 0 bridgehead atoms. The number of aliphatic hydroxyl groups excluding tert-OH is 1. The van der Waals surface area contributed by atoms with Crippen molar-refractivity contribution in [2.24, 2.45) is 11.8 Å². The molecule has 5 heteroatoms. The van der Waals surface area contributed by atoms with Crippen LogP contribution in [0.3, 0.4) is 0 Å². The normalized spacial score (nSPS) is 23.6. The van der Waals surface area contributed by atoms with Crippen molar-refractivity contribution in [1.29, 1.82) is 0 Å². The zero-order valence-corrected chi connectivity index (χ0v) is 11.3. The van der Waals surface area contributed by atoms with Crippen LogP contribution >= 0.6 is 0 Å². The molecular weight excluding hydrogens is 267 g/mol. The van der Waals surface area contributed by atoms with Gasteiger partial charge in [-0.05, 0) is 48.9 Å². The maximum absolute atomic E-state index is 12.4. The molecule has 2 atom stereocenters. The van der Waals surface area contributed by atoms with Crippen molar-refractivity contribution in [2.45, 2.75) is 31.9 Å².